The van der Waals surface area contributed by atoms with E-state index < -0.39 is 0 Å². The Morgan fingerprint density at radius 1 is 1.17 bits per heavy atom. The highest BCUT2D eigenvalue weighted by molar-refractivity contribution is 7.07. The molecule has 0 bridgehead atoms. The summed E-state index contributed by atoms with van der Waals surface area (Å²) in [5.41, 5.74) is 3.96. The Bertz CT molecular complexity index is 1490. The topological polar surface area (TPSA) is 97.4 Å². The van der Waals surface area contributed by atoms with Crippen molar-refractivity contribution in [3.63, 3.8) is 0 Å². The molecule has 8 nitrogen and oxygen atoms in total. The molecular formula is C27H24N4O4S. The molecule has 0 unspecified atom stereocenters. The van der Waals surface area contributed by atoms with Crippen molar-refractivity contribution in [2.45, 2.75) is 6.42 Å². The number of aromatic hydroxyl groups is 1. The molecule has 1 aliphatic heterocycles. The maximum atomic E-state index is 11.8. The SMILES string of the molecule is COc1ccc(O)c(C=Nn2c(-c3ccc4c(c3)NC(=O)CO4)csc2=NCCc2ccccc2)c1. The first-order valence-corrected chi connectivity index (χ1v) is 12.2. The van der Waals surface area contributed by atoms with Gasteiger partial charge in [0.2, 0.25) is 4.80 Å². The molecule has 9 heteroatoms. The first-order chi connectivity index (χ1) is 17.6. The van der Waals surface area contributed by atoms with Crippen molar-refractivity contribution in [3.05, 3.63) is 88.0 Å². The van der Waals surface area contributed by atoms with Gasteiger partial charge in [0.05, 0.1) is 24.7 Å². The summed E-state index contributed by atoms with van der Waals surface area (Å²) in [6.45, 7) is 0.599. The van der Waals surface area contributed by atoms with E-state index in [1.807, 2.05) is 41.8 Å². The number of benzene rings is 3. The summed E-state index contributed by atoms with van der Waals surface area (Å²) in [6.07, 6.45) is 2.38. The second-order valence-corrected chi connectivity index (χ2v) is 8.89. The summed E-state index contributed by atoms with van der Waals surface area (Å²) in [7, 11) is 1.57. The molecule has 3 aromatic carbocycles. The average Bonchev–Trinajstić information content (AvgIpc) is 3.31. The maximum Gasteiger partial charge on any atom is 0.262 e. The van der Waals surface area contributed by atoms with E-state index in [9.17, 15) is 9.90 Å². The summed E-state index contributed by atoms with van der Waals surface area (Å²) in [6, 6.07) is 20.8. The summed E-state index contributed by atoms with van der Waals surface area (Å²) < 4.78 is 12.5. The summed E-state index contributed by atoms with van der Waals surface area (Å²) in [4.78, 5) is 17.3. The molecular weight excluding hydrogens is 476 g/mol. The zero-order valence-electron chi connectivity index (χ0n) is 19.5. The Balaban J connectivity index is 1.53. The zero-order chi connectivity index (χ0) is 24.9. The standard InChI is InChI=1S/C27H24N4O4S/c1-34-21-8-9-24(32)20(13-21)15-29-31-23(19-7-10-25-22(14-19)30-26(33)16-35-25)17-36-27(31)28-12-11-18-5-3-2-4-6-18/h2-10,13-15,17,32H,11-12,16H2,1H3,(H,30,33). The van der Waals surface area contributed by atoms with Gasteiger partial charge in [0.15, 0.2) is 6.61 Å². The molecule has 2 N–H and O–H groups in total. The Kier molecular flexibility index (Phi) is 6.81. The van der Waals surface area contributed by atoms with Gasteiger partial charge < -0.3 is 19.9 Å². The molecule has 0 saturated heterocycles. The first-order valence-electron chi connectivity index (χ1n) is 11.3. The van der Waals surface area contributed by atoms with E-state index in [-0.39, 0.29) is 18.3 Å². The summed E-state index contributed by atoms with van der Waals surface area (Å²) >= 11 is 1.47. The van der Waals surface area contributed by atoms with Crippen molar-refractivity contribution < 1.29 is 19.4 Å². The van der Waals surface area contributed by atoms with Crippen LogP contribution in [0.5, 0.6) is 17.2 Å². The van der Waals surface area contributed by atoms with E-state index >= 15 is 0 Å². The molecule has 182 valence electrons. The molecule has 1 aromatic heterocycles. The van der Waals surface area contributed by atoms with Crippen molar-refractivity contribution in [1.29, 1.82) is 0 Å². The highest BCUT2D eigenvalue weighted by atomic mass is 32.1. The average molecular weight is 501 g/mol. The lowest BCUT2D eigenvalue weighted by Crippen LogP contribution is -2.25. The third-order valence-corrected chi connectivity index (χ3v) is 6.48. The fraction of sp³-hybridized carbons (Fsp3) is 0.148. The van der Waals surface area contributed by atoms with E-state index in [1.54, 1.807) is 36.2 Å². The lowest BCUT2D eigenvalue weighted by atomic mass is 10.1. The number of hydrogen-bond acceptors (Lipinski definition) is 7. The van der Waals surface area contributed by atoms with Gasteiger partial charge >= 0.3 is 0 Å². The maximum absolute atomic E-state index is 11.8. The number of nitrogens with zero attached hydrogens (tertiary/aromatic N) is 3. The van der Waals surface area contributed by atoms with Gasteiger partial charge in [-0.25, -0.2) is 4.68 Å². The fourth-order valence-corrected chi connectivity index (χ4v) is 4.63. The van der Waals surface area contributed by atoms with Crippen molar-refractivity contribution >= 4 is 29.1 Å². The van der Waals surface area contributed by atoms with Crippen molar-refractivity contribution in [1.82, 2.24) is 4.68 Å². The molecule has 36 heavy (non-hydrogen) atoms. The predicted octanol–water partition coefficient (Wildman–Crippen LogP) is 4.29. The number of anilines is 1. The van der Waals surface area contributed by atoms with Gasteiger partial charge in [0.25, 0.3) is 5.91 Å². The van der Waals surface area contributed by atoms with Crippen LogP contribution in [-0.2, 0) is 11.2 Å². The monoisotopic (exact) mass is 500 g/mol. The van der Waals surface area contributed by atoms with Crippen molar-refractivity contribution in [3.8, 4) is 28.5 Å². The van der Waals surface area contributed by atoms with Gasteiger partial charge in [0, 0.05) is 23.1 Å². The molecule has 0 spiro atoms. The van der Waals surface area contributed by atoms with Crippen LogP contribution in [0.3, 0.4) is 0 Å². The van der Waals surface area contributed by atoms with Gasteiger partial charge in [-0.3, -0.25) is 9.79 Å². The van der Waals surface area contributed by atoms with Crippen LogP contribution in [0.15, 0.2) is 82.2 Å². The van der Waals surface area contributed by atoms with Gasteiger partial charge in [-0.15, -0.1) is 11.3 Å². The summed E-state index contributed by atoms with van der Waals surface area (Å²) in [5.74, 6) is 1.13. The number of phenolic OH excluding ortho intramolecular Hbond substituents is 1. The van der Waals surface area contributed by atoms with E-state index in [0.29, 0.717) is 34.1 Å². The number of hydrogen-bond donors (Lipinski definition) is 2. The van der Waals surface area contributed by atoms with Crippen LogP contribution >= 0.6 is 11.3 Å². The highest BCUT2D eigenvalue weighted by Gasteiger charge is 2.18. The number of methoxy groups -OCH3 is 1. The van der Waals surface area contributed by atoms with E-state index in [1.165, 1.54) is 16.9 Å². The fourth-order valence-electron chi connectivity index (χ4n) is 3.77. The van der Waals surface area contributed by atoms with E-state index in [4.69, 9.17) is 14.5 Å². The Labute approximate surface area is 211 Å². The molecule has 1 aliphatic rings. The van der Waals surface area contributed by atoms with Crippen molar-refractivity contribution in [2.75, 3.05) is 25.6 Å². The molecule has 0 atom stereocenters. The predicted molar refractivity (Wildman–Crippen MR) is 140 cm³/mol. The Morgan fingerprint density at radius 3 is 2.86 bits per heavy atom. The number of ether oxygens (including phenoxy) is 2. The minimum atomic E-state index is -0.194. The minimum absolute atomic E-state index is 0.00354. The zero-order valence-corrected chi connectivity index (χ0v) is 20.4. The van der Waals surface area contributed by atoms with Crippen LogP contribution in [0.25, 0.3) is 11.3 Å². The van der Waals surface area contributed by atoms with Gasteiger partial charge in [-0.05, 0) is 48.4 Å². The Hall–Kier alpha value is -4.37. The van der Waals surface area contributed by atoms with Crippen LogP contribution in [0.4, 0.5) is 5.69 Å². The van der Waals surface area contributed by atoms with Crippen LogP contribution in [-0.4, -0.2) is 42.2 Å². The lowest BCUT2D eigenvalue weighted by molar-refractivity contribution is -0.118. The number of fused-ring (bicyclic) bond motifs is 1. The number of thiazole rings is 1. The first kappa shape index (κ1) is 23.4. The lowest BCUT2D eigenvalue weighted by Gasteiger charge is -2.18. The molecule has 0 saturated carbocycles. The molecule has 0 fully saturated rings. The van der Waals surface area contributed by atoms with E-state index in [0.717, 1.165) is 17.7 Å². The number of nitrogens with one attached hydrogen (secondary N) is 1. The molecule has 0 aliphatic carbocycles. The number of carbonyl (C=O) groups is 1. The van der Waals surface area contributed by atoms with Gasteiger partial charge in [-0.1, -0.05) is 30.3 Å². The second kappa shape index (κ2) is 10.5. The molecule has 1 amide bonds. The quantitative estimate of drug-likeness (QED) is 0.370. The number of rotatable bonds is 7. The number of carbonyl (C=O) groups excluding carboxylic acids is 1. The van der Waals surface area contributed by atoms with Crippen LogP contribution < -0.4 is 19.6 Å². The third-order valence-electron chi connectivity index (χ3n) is 5.63. The molecule has 2 heterocycles. The van der Waals surface area contributed by atoms with Gasteiger partial charge in [0.1, 0.15) is 17.2 Å². The Morgan fingerprint density at radius 2 is 2.03 bits per heavy atom. The van der Waals surface area contributed by atoms with Crippen LogP contribution in [0.2, 0.25) is 0 Å². The minimum Gasteiger partial charge on any atom is -0.507 e. The highest BCUT2D eigenvalue weighted by Crippen LogP contribution is 2.33. The van der Waals surface area contributed by atoms with Gasteiger partial charge in [-0.2, -0.15) is 5.10 Å². The summed E-state index contributed by atoms with van der Waals surface area (Å²) in [5, 5.41) is 19.8. The molecule has 0 radical (unpaired) electrons. The van der Waals surface area contributed by atoms with Crippen LogP contribution in [0.1, 0.15) is 11.1 Å². The number of phenols is 1. The largest absolute Gasteiger partial charge is 0.507 e. The van der Waals surface area contributed by atoms with E-state index in [2.05, 4.69) is 22.6 Å². The molecule has 5 rings (SSSR count). The van der Waals surface area contributed by atoms with Crippen LogP contribution in [0, 0.1) is 0 Å². The van der Waals surface area contributed by atoms with Crippen molar-refractivity contribution in [2.24, 2.45) is 10.1 Å². The number of aromatic nitrogens is 1. The third kappa shape index (κ3) is 5.16. The molecule has 4 aromatic rings. The normalized spacial score (nSPS) is 13.4. The number of amides is 1. The smallest absolute Gasteiger partial charge is 0.262 e. The second-order valence-electron chi connectivity index (χ2n) is 8.05.